The Morgan fingerprint density at radius 3 is 2.54 bits per heavy atom. The fraction of sp³-hybridized carbons (Fsp3) is 0.900. The van der Waals surface area contributed by atoms with E-state index in [9.17, 15) is 15.0 Å². The van der Waals surface area contributed by atoms with Gasteiger partial charge < -0.3 is 33.9 Å². The number of carboxylic acid groups (broad SMARTS) is 1. The summed E-state index contributed by atoms with van der Waals surface area (Å²) >= 11 is 1.55. The fourth-order valence-corrected chi connectivity index (χ4v) is 11.5. The van der Waals surface area contributed by atoms with Gasteiger partial charge in [0.1, 0.15) is 11.5 Å². The zero-order valence-corrected chi connectivity index (χ0v) is 24.9. The first kappa shape index (κ1) is 28.4. The van der Waals surface area contributed by atoms with Gasteiger partial charge in [-0.15, -0.1) is 0 Å². The van der Waals surface area contributed by atoms with Crippen molar-refractivity contribution in [1.82, 2.24) is 0 Å². The minimum Gasteiger partial charge on any atom is -0.481 e. The van der Waals surface area contributed by atoms with Crippen LogP contribution in [0.15, 0.2) is 11.6 Å². The lowest BCUT2D eigenvalue weighted by Gasteiger charge is -2.61. The van der Waals surface area contributed by atoms with E-state index in [0.717, 1.165) is 31.3 Å². The number of hydrogen-bond donors (Lipinski definition) is 2. The van der Waals surface area contributed by atoms with Crippen molar-refractivity contribution in [1.29, 1.82) is 0 Å². The molecular formula is C30H46O8S. The molecule has 0 spiro atoms. The van der Waals surface area contributed by atoms with E-state index in [0.29, 0.717) is 25.0 Å². The van der Waals surface area contributed by atoms with E-state index in [4.69, 9.17) is 23.7 Å². The Balaban J connectivity index is 1.44. The standard InChI is InChI=1S/C30H46O8S/c1-15(2)21-11-18-12-29(27-35-9-10-36-27)20-8-7-16(3)19(20)13-28(18,30(21,29)26(32)33)14-37-25-22(31)24(39-6)23(34-5)17(4)38-25/h11,15-20,22-25,27,31H,7-10,12-14H2,1-6H3,(H,32,33)/t16?,17-,18?,19?,20?,22-,23-,24-,25-,28?,29?,30?/m1/s1. The minimum atomic E-state index is -1.15. The molecule has 6 rings (SSSR count). The zero-order chi connectivity index (χ0) is 27.9. The highest BCUT2D eigenvalue weighted by Gasteiger charge is 2.86. The third kappa shape index (κ3) is 3.50. The SMILES string of the molecule is CO[C@H]1[C@H](SC)[C@@H](O)[C@H](OCC23CC4C(C)CCC4C4(C5OCCO5)CC2C=C(C(C)C)C34C(=O)O)O[C@@H]1C. The quantitative estimate of drug-likeness (QED) is 0.423. The molecule has 2 saturated heterocycles. The Bertz CT molecular complexity index is 997. The van der Waals surface area contributed by atoms with E-state index in [1.807, 2.05) is 13.2 Å². The fourth-order valence-electron chi connectivity index (χ4n) is 10.5. The molecule has 6 aliphatic rings. The van der Waals surface area contributed by atoms with E-state index in [1.54, 1.807) is 18.9 Å². The zero-order valence-electron chi connectivity index (χ0n) is 24.1. The molecule has 4 aliphatic carbocycles. The highest BCUT2D eigenvalue weighted by atomic mass is 32.2. The number of allylic oxidation sites excluding steroid dienone is 1. The highest BCUT2D eigenvalue weighted by Crippen LogP contribution is 2.84. The average Bonchev–Trinajstić information content (AvgIpc) is 3.66. The molecule has 2 aliphatic heterocycles. The molecule has 8 nitrogen and oxygen atoms in total. The minimum absolute atomic E-state index is 0.0397. The van der Waals surface area contributed by atoms with Gasteiger partial charge in [0, 0.05) is 17.9 Å². The Kier molecular flexibility index (Phi) is 7.26. The molecule has 7 unspecified atom stereocenters. The van der Waals surface area contributed by atoms with Crippen molar-refractivity contribution in [2.75, 3.05) is 33.2 Å². The Morgan fingerprint density at radius 1 is 1.21 bits per heavy atom. The first-order valence-corrected chi connectivity index (χ1v) is 16.1. The maximum Gasteiger partial charge on any atom is 0.315 e. The number of aliphatic hydroxyl groups is 1. The Hall–Kier alpha value is -0.680. The van der Waals surface area contributed by atoms with Crippen LogP contribution in [-0.4, -0.2) is 85.5 Å². The van der Waals surface area contributed by atoms with Crippen LogP contribution in [0.2, 0.25) is 0 Å². The van der Waals surface area contributed by atoms with E-state index < -0.39 is 40.9 Å². The normalized spacial score (nSPS) is 51.0. The van der Waals surface area contributed by atoms with Gasteiger partial charge in [0.25, 0.3) is 0 Å². The molecule has 0 aromatic heterocycles. The summed E-state index contributed by atoms with van der Waals surface area (Å²) in [6.45, 7) is 9.72. The first-order chi connectivity index (χ1) is 18.6. The van der Waals surface area contributed by atoms with Gasteiger partial charge in [-0.1, -0.05) is 38.8 Å². The van der Waals surface area contributed by atoms with Gasteiger partial charge in [0.05, 0.1) is 37.3 Å². The number of fused-ring (bicyclic) bond motifs is 2. The summed E-state index contributed by atoms with van der Waals surface area (Å²) in [7, 11) is 1.64. The van der Waals surface area contributed by atoms with Crippen molar-refractivity contribution in [3.8, 4) is 0 Å². The second-order valence-electron chi connectivity index (χ2n) is 13.4. The van der Waals surface area contributed by atoms with Crippen molar-refractivity contribution in [3.05, 3.63) is 11.6 Å². The summed E-state index contributed by atoms with van der Waals surface area (Å²) in [4.78, 5) is 14.0. The Morgan fingerprint density at radius 2 is 1.92 bits per heavy atom. The van der Waals surface area contributed by atoms with E-state index in [1.165, 1.54) is 0 Å². The first-order valence-electron chi connectivity index (χ1n) is 14.8. The number of aliphatic carboxylic acids is 1. The molecule has 39 heavy (non-hydrogen) atoms. The molecule has 2 N–H and O–H groups in total. The van der Waals surface area contributed by atoms with Crippen LogP contribution in [0.3, 0.4) is 0 Å². The third-order valence-corrected chi connectivity index (χ3v) is 12.8. The van der Waals surface area contributed by atoms with Crippen LogP contribution in [0.1, 0.15) is 53.4 Å². The Labute approximate surface area is 236 Å². The van der Waals surface area contributed by atoms with Gasteiger partial charge in [-0.25, -0.2) is 0 Å². The number of thioether (sulfide) groups is 1. The number of ether oxygens (including phenoxy) is 5. The lowest BCUT2D eigenvalue weighted by molar-refractivity contribution is -0.285. The number of carbonyl (C=O) groups is 1. The van der Waals surface area contributed by atoms with Crippen LogP contribution in [0.25, 0.3) is 0 Å². The predicted octanol–water partition coefficient (Wildman–Crippen LogP) is 3.95. The second kappa shape index (κ2) is 9.96. The van der Waals surface area contributed by atoms with Crippen LogP contribution in [-0.2, 0) is 28.5 Å². The summed E-state index contributed by atoms with van der Waals surface area (Å²) in [6.07, 6.45) is 5.08. The summed E-state index contributed by atoms with van der Waals surface area (Å²) in [5.41, 5.74) is -1.45. The second-order valence-corrected chi connectivity index (χ2v) is 14.4. The largest absolute Gasteiger partial charge is 0.481 e. The van der Waals surface area contributed by atoms with Gasteiger partial charge in [0.15, 0.2) is 12.6 Å². The number of hydrogen-bond acceptors (Lipinski definition) is 8. The number of carboxylic acids is 1. The molecule has 0 radical (unpaired) electrons. The van der Waals surface area contributed by atoms with Crippen molar-refractivity contribution in [2.45, 2.75) is 89.5 Å². The van der Waals surface area contributed by atoms with Gasteiger partial charge in [-0.05, 0) is 62.0 Å². The van der Waals surface area contributed by atoms with Crippen molar-refractivity contribution in [3.63, 3.8) is 0 Å². The van der Waals surface area contributed by atoms with Crippen LogP contribution in [0, 0.1) is 45.8 Å². The van der Waals surface area contributed by atoms with Gasteiger partial charge in [-0.2, -0.15) is 11.8 Å². The highest BCUT2D eigenvalue weighted by molar-refractivity contribution is 7.99. The molecular weight excluding hydrogens is 520 g/mol. The summed E-state index contributed by atoms with van der Waals surface area (Å²) in [6, 6.07) is 0. The van der Waals surface area contributed by atoms with Crippen molar-refractivity contribution < 1.29 is 38.7 Å². The number of methoxy groups -OCH3 is 1. The number of rotatable bonds is 8. The van der Waals surface area contributed by atoms with Crippen LogP contribution in [0.4, 0.5) is 0 Å². The predicted molar refractivity (Wildman–Crippen MR) is 146 cm³/mol. The smallest absolute Gasteiger partial charge is 0.315 e. The average molecular weight is 567 g/mol. The summed E-state index contributed by atoms with van der Waals surface area (Å²) in [5, 5.41) is 22.6. The van der Waals surface area contributed by atoms with E-state index in [-0.39, 0.29) is 41.8 Å². The lowest BCUT2D eigenvalue weighted by Crippen LogP contribution is -2.67. The molecule has 0 aromatic carbocycles. The van der Waals surface area contributed by atoms with Gasteiger partial charge in [0.2, 0.25) is 0 Å². The van der Waals surface area contributed by atoms with Crippen LogP contribution in [0.5, 0.6) is 0 Å². The topological polar surface area (TPSA) is 104 Å². The van der Waals surface area contributed by atoms with Crippen molar-refractivity contribution in [2.24, 2.45) is 45.8 Å². The molecule has 9 heteroatoms. The molecule has 0 amide bonds. The van der Waals surface area contributed by atoms with Gasteiger partial charge in [-0.3, -0.25) is 4.79 Å². The lowest BCUT2D eigenvalue weighted by atomic mass is 9.42. The summed E-state index contributed by atoms with van der Waals surface area (Å²) < 4.78 is 31.1. The summed E-state index contributed by atoms with van der Waals surface area (Å²) in [5.74, 6) is 0.447. The van der Waals surface area contributed by atoms with Crippen LogP contribution >= 0.6 is 11.8 Å². The molecule has 2 heterocycles. The van der Waals surface area contributed by atoms with E-state index in [2.05, 4.69) is 26.8 Å². The monoisotopic (exact) mass is 566 g/mol. The molecule has 4 bridgehead atoms. The molecule has 220 valence electrons. The van der Waals surface area contributed by atoms with Crippen molar-refractivity contribution >= 4 is 17.7 Å². The maximum atomic E-state index is 14.0. The number of aliphatic hydroxyl groups excluding tert-OH is 1. The molecule has 12 atom stereocenters. The molecule has 0 aromatic rings. The third-order valence-electron chi connectivity index (χ3n) is 11.8. The maximum absolute atomic E-state index is 14.0. The van der Waals surface area contributed by atoms with E-state index >= 15 is 0 Å². The molecule has 5 fully saturated rings. The molecule has 3 saturated carbocycles. The van der Waals surface area contributed by atoms with Gasteiger partial charge >= 0.3 is 5.97 Å². The van der Waals surface area contributed by atoms with Crippen LogP contribution < -0.4 is 0 Å².